The van der Waals surface area contributed by atoms with Gasteiger partial charge in [-0.3, -0.25) is 10.1 Å². The SMILES string of the molecule is CCOC(=O)c1cc(OC)cc(OCc2ccccc2)c1-c1c(Br)cccc1[N+](=O)[O-]. The van der Waals surface area contributed by atoms with Gasteiger partial charge in [-0.15, -0.1) is 0 Å². The highest BCUT2D eigenvalue weighted by molar-refractivity contribution is 9.10. The highest BCUT2D eigenvalue weighted by atomic mass is 79.9. The number of nitro groups is 1. The van der Waals surface area contributed by atoms with Crippen LogP contribution in [0, 0.1) is 10.1 Å². The van der Waals surface area contributed by atoms with Gasteiger partial charge in [0.2, 0.25) is 0 Å². The van der Waals surface area contributed by atoms with Crippen molar-refractivity contribution in [3.8, 4) is 22.6 Å². The number of nitro benzene ring substituents is 1. The van der Waals surface area contributed by atoms with Crippen molar-refractivity contribution in [3.63, 3.8) is 0 Å². The van der Waals surface area contributed by atoms with E-state index in [1.54, 1.807) is 25.1 Å². The van der Waals surface area contributed by atoms with E-state index in [0.29, 0.717) is 10.2 Å². The molecule has 0 spiro atoms. The van der Waals surface area contributed by atoms with Crippen LogP contribution in [-0.2, 0) is 11.3 Å². The van der Waals surface area contributed by atoms with E-state index >= 15 is 0 Å². The molecule has 0 aliphatic heterocycles. The lowest BCUT2D eigenvalue weighted by Gasteiger charge is -2.18. The second-order valence-corrected chi connectivity index (χ2v) is 7.29. The van der Waals surface area contributed by atoms with Crippen LogP contribution < -0.4 is 9.47 Å². The molecular weight excluding hydrogens is 466 g/mol. The van der Waals surface area contributed by atoms with E-state index in [2.05, 4.69) is 15.9 Å². The van der Waals surface area contributed by atoms with Crippen LogP contribution in [0.3, 0.4) is 0 Å². The molecule has 0 amide bonds. The number of esters is 1. The molecule has 31 heavy (non-hydrogen) atoms. The predicted octanol–water partition coefficient (Wildman–Crippen LogP) is 5.79. The third-order valence-corrected chi connectivity index (χ3v) is 5.14. The lowest BCUT2D eigenvalue weighted by atomic mass is 9.96. The van der Waals surface area contributed by atoms with Gasteiger partial charge < -0.3 is 14.2 Å². The van der Waals surface area contributed by atoms with Crippen molar-refractivity contribution < 1.29 is 23.9 Å². The van der Waals surface area contributed by atoms with E-state index < -0.39 is 10.9 Å². The molecule has 0 saturated carbocycles. The fourth-order valence-electron chi connectivity index (χ4n) is 3.10. The number of ether oxygens (including phenoxy) is 3. The predicted molar refractivity (Wildman–Crippen MR) is 120 cm³/mol. The number of methoxy groups -OCH3 is 1. The number of benzene rings is 3. The summed E-state index contributed by atoms with van der Waals surface area (Å²) in [6.45, 7) is 2.03. The van der Waals surface area contributed by atoms with E-state index in [9.17, 15) is 14.9 Å². The number of nitrogens with zero attached hydrogens (tertiary/aromatic N) is 1. The van der Waals surface area contributed by atoms with Gasteiger partial charge in [-0.05, 0) is 40.5 Å². The molecule has 3 aromatic carbocycles. The van der Waals surface area contributed by atoms with Crippen molar-refractivity contribution in [2.45, 2.75) is 13.5 Å². The maximum absolute atomic E-state index is 12.8. The first-order valence-electron chi connectivity index (χ1n) is 9.45. The smallest absolute Gasteiger partial charge is 0.339 e. The molecule has 0 heterocycles. The fourth-order valence-corrected chi connectivity index (χ4v) is 3.65. The van der Waals surface area contributed by atoms with Gasteiger partial charge in [0.05, 0.1) is 29.8 Å². The molecule has 8 heteroatoms. The summed E-state index contributed by atoms with van der Waals surface area (Å²) in [5.41, 5.74) is 1.32. The molecule has 0 aromatic heterocycles. The van der Waals surface area contributed by atoms with Gasteiger partial charge >= 0.3 is 5.97 Å². The van der Waals surface area contributed by atoms with Gasteiger partial charge in [0.25, 0.3) is 5.69 Å². The highest BCUT2D eigenvalue weighted by Crippen LogP contribution is 2.45. The minimum absolute atomic E-state index is 0.110. The van der Waals surface area contributed by atoms with Crippen LogP contribution in [0.2, 0.25) is 0 Å². The molecule has 0 fully saturated rings. The summed E-state index contributed by atoms with van der Waals surface area (Å²) in [5.74, 6) is -0.00293. The number of carbonyl (C=O) groups is 1. The number of rotatable bonds is 8. The average molecular weight is 486 g/mol. The van der Waals surface area contributed by atoms with Gasteiger partial charge in [-0.2, -0.15) is 0 Å². The van der Waals surface area contributed by atoms with Crippen LogP contribution in [0.5, 0.6) is 11.5 Å². The number of hydrogen-bond donors (Lipinski definition) is 0. The zero-order valence-corrected chi connectivity index (χ0v) is 18.5. The van der Waals surface area contributed by atoms with Crippen molar-refractivity contribution in [1.82, 2.24) is 0 Å². The summed E-state index contributed by atoms with van der Waals surface area (Å²) in [7, 11) is 1.46. The summed E-state index contributed by atoms with van der Waals surface area (Å²) in [5, 5.41) is 11.8. The quantitative estimate of drug-likeness (QED) is 0.228. The molecule has 3 aromatic rings. The lowest BCUT2D eigenvalue weighted by molar-refractivity contribution is -0.384. The van der Waals surface area contributed by atoms with Crippen LogP contribution in [-0.4, -0.2) is 24.6 Å². The van der Waals surface area contributed by atoms with Gasteiger partial charge in [-0.1, -0.05) is 36.4 Å². The van der Waals surface area contributed by atoms with Gasteiger partial charge in [-0.25, -0.2) is 4.79 Å². The second kappa shape index (κ2) is 10.1. The Morgan fingerprint density at radius 1 is 1.06 bits per heavy atom. The zero-order chi connectivity index (χ0) is 22.4. The minimum Gasteiger partial charge on any atom is -0.497 e. The van der Waals surface area contributed by atoms with Crippen molar-refractivity contribution >= 4 is 27.6 Å². The summed E-state index contributed by atoms with van der Waals surface area (Å²) in [6.07, 6.45) is 0. The van der Waals surface area contributed by atoms with Crippen LogP contribution in [0.4, 0.5) is 5.69 Å². The Morgan fingerprint density at radius 2 is 1.81 bits per heavy atom. The first kappa shape index (κ1) is 22.3. The zero-order valence-electron chi connectivity index (χ0n) is 17.0. The molecule has 160 valence electrons. The number of carbonyl (C=O) groups excluding carboxylic acids is 1. The second-order valence-electron chi connectivity index (χ2n) is 6.43. The molecule has 0 radical (unpaired) electrons. The van der Waals surface area contributed by atoms with E-state index in [4.69, 9.17) is 14.2 Å². The van der Waals surface area contributed by atoms with Gasteiger partial charge in [0.15, 0.2) is 0 Å². The summed E-state index contributed by atoms with van der Waals surface area (Å²) in [6, 6.07) is 17.1. The van der Waals surface area contributed by atoms with Gasteiger partial charge in [0, 0.05) is 22.2 Å². The molecular formula is C23H20BrNO6. The molecule has 0 bridgehead atoms. The van der Waals surface area contributed by atoms with Crippen molar-refractivity contribution in [2.24, 2.45) is 0 Å². The Labute approximate surface area is 187 Å². The standard InChI is InChI=1S/C23H20BrNO6/c1-3-30-23(26)17-12-16(29-2)13-20(31-14-15-8-5-4-6-9-15)21(17)22-18(24)10-7-11-19(22)25(27)28/h4-13H,3,14H2,1-2H3. The Hall–Kier alpha value is -3.39. The largest absolute Gasteiger partial charge is 0.497 e. The van der Waals surface area contributed by atoms with E-state index in [1.165, 1.54) is 19.2 Å². The maximum atomic E-state index is 12.8. The van der Waals surface area contributed by atoms with E-state index in [0.717, 1.165) is 5.56 Å². The third-order valence-electron chi connectivity index (χ3n) is 4.48. The molecule has 0 N–H and O–H groups in total. The molecule has 0 saturated heterocycles. The summed E-state index contributed by atoms with van der Waals surface area (Å²) in [4.78, 5) is 24.1. The monoisotopic (exact) mass is 485 g/mol. The Bertz CT molecular complexity index is 1100. The van der Waals surface area contributed by atoms with Crippen molar-refractivity contribution in [2.75, 3.05) is 13.7 Å². The van der Waals surface area contributed by atoms with Crippen LogP contribution in [0.1, 0.15) is 22.8 Å². The normalized spacial score (nSPS) is 10.4. The van der Waals surface area contributed by atoms with Crippen molar-refractivity contribution in [1.29, 1.82) is 0 Å². The Morgan fingerprint density at radius 3 is 2.45 bits per heavy atom. The average Bonchev–Trinajstić information content (AvgIpc) is 2.78. The molecule has 0 unspecified atom stereocenters. The van der Waals surface area contributed by atoms with Crippen molar-refractivity contribution in [3.05, 3.63) is 86.4 Å². The fraction of sp³-hybridized carbons (Fsp3) is 0.174. The molecule has 0 aliphatic rings. The van der Waals surface area contributed by atoms with Crippen LogP contribution in [0.25, 0.3) is 11.1 Å². The van der Waals surface area contributed by atoms with E-state index in [1.807, 2.05) is 30.3 Å². The molecule has 0 aliphatic carbocycles. The number of halogens is 1. The topological polar surface area (TPSA) is 87.9 Å². The lowest BCUT2D eigenvalue weighted by Crippen LogP contribution is -2.10. The highest BCUT2D eigenvalue weighted by Gasteiger charge is 2.28. The molecule has 0 atom stereocenters. The Balaban J connectivity index is 2.26. The summed E-state index contributed by atoms with van der Waals surface area (Å²) >= 11 is 3.40. The minimum atomic E-state index is -0.633. The van der Waals surface area contributed by atoms with Crippen LogP contribution in [0.15, 0.2) is 65.1 Å². The Kier molecular flexibility index (Phi) is 7.25. The van der Waals surface area contributed by atoms with Gasteiger partial charge in [0.1, 0.15) is 18.1 Å². The maximum Gasteiger partial charge on any atom is 0.339 e. The van der Waals surface area contributed by atoms with Crippen LogP contribution >= 0.6 is 15.9 Å². The summed E-state index contributed by atoms with van der Waals surface area (Å²) < 4.78 is 17.0. The first-order valence-corrected chi connectivity index (χ1v) is 10.2. The molecule has 3 rings (SSSR count). The first-order chi connectivity index (χ1) is 15.0. The third kappa shape index (κ3) is 5.03. The molecule has 7 nitrogen and oxygen atoms in total. The number of hydrogen-bond acceptors (Lipinski definition) is 6. The van der Waals surface area contributed by atoms with E-state index in [-0.39, 0.29) is 41.3 Å².